The topological polar surface area (TPSA) is 114 Å². The summed E-state index contributed by atoms with van der Waals surface area (Å²) in [7, 11) is 1.80. The highest BCUT2D eigenvalue weighted by atomic mass is 127. The number of carbonyl (C=O) groups is 1. The number of aromatic nitrogens is 2. The van der Waals surface area contributed by atoms with Gasteiger partial charge in [0.2, 0.25) is 0 Å². The van der Waals surface area contributed by atoms with Crippen LogP contribution in [0, 0.1) is 0 Å². The summed E-state index contributed by atoms with van der Waals surface area (Å²) in [5.41, 5.74) is -0.358. The number of allylic oxidation sites excluding steroid dienone is 1. The highest BCUT2D eigenvalue weighted by Gasteiger charge is 2.39. The fourth-order valence-electron chi connectivity index (χ4n) is 3.10. The van der Waals surface area contributed by atoms with Crippen molar-refractivity contribution >= 4 is 34.6 Å². The summed E-state index contributed by atoms with van der Waals surface area (Å²) < 4.78 is 14.1. The van der Waals surface area contributed by atoms with Gasteiger partial charge in [-0.25, -0.2) is 9.59 Å². The van der Waals surface area contributed by atoms with E-state index in [4.69, 9.17) is 9.47 Å². The van der Waals surface area contributed by atoms with Crippen LogP contribution in [0.2, 0.25) is 0 Å². The number of ether oxygens (including phenoxy) is 2. The fourth-order valence-corrected chi connectivity index (χ4v) is 3.48. The highest BCUT2D eigenvalue weighted by molar-refractivity contribution is 14.1. The second-order valence-electron chi connectivity index (χ2n) is 6.44. The predicted octanol–water partition coefficient (Wildman–Crippen LogP) is 0.867. The molecule has 3 atom stereocenters. The second kappa shape index (κ2) is 8.88. The average Bonchev–Trinajstić information content (AvgIpc) is 3.06. The molecule has 0 amide bonds. The van der Waals surface area contributed by atoms with E-state index in [2.05, 4.69) is 4.98 Å². The van der Waals surface area contributed by atoms with Crippen LogP contribution in [0.4, 0.5) is 0 Å². The molecule has 2 N–H and O–H groups in total. The average molecular weight is 501 g/mol. The van der Waals surface area contributed by atoms with Crippen LogP contribution in [0.1, 0.15) is 24.6 Å². The molecule has 2 aliphatic rings. The Kier molecular flexibility index (Phi) is 6.52. The van der Waals surface area contributed by atoms with E-state index in [0.29, 0.717) is 17.6 Å². The van der Waals surface area contributed by atoms with E-state index in [0.717, 1.165) is 0 Å². The van der Waals surface area contributed by atoms with Gasteiger partial charge >= 0.3 is 11.7 Å². The number of hydrogen-bond donors (Lipinski definition) is 2. The summed E-state index contributed by atoms with van der Waals surface area (Å²) in [6, 6.07) is 0. The molecule has 3 heterocycles. The molecule has 0 aliphatic carbocycles. The minimum absolute atomic E-state index is 0.176. The Morgan fingerprint density at radius 2 is 2.29 bits per heavy atom. The third kappa shape index (κ3) is 4.45. The zero-order valence-electron chi connectivity index (χ0n) is 15.1. The number of esters is 1. The number of aliphatic hydroxyl groups is 1. The Bertz CT molecular complexity index is 947. The summed E-state index contributed by atoms with van der Waals surface area (Å²) in [6.07, 6.45) is 6.68. The van der Waals surface area contributed by atoms with Crippen LogP contribution < -0.4 is 11.2 Å². The molecule has 0 bridgehead atoms. The first-order valence-corrected chi connectivity index (χ1v) is 9.86. The van der Waals surface area contributed by atoms with Crippen molar-refractivity contribution in [3.63, 3.8) is 0 Å². The van der Waals surface area contributed by atoms with Crippen molar-refractivity contribution in [1.29, 1.82) is 0 Å². The van der Waals surface area contributed by atoms with Crippen molar-refractivity contribution in [2.75, 3.05) is 13.7 Å². The number of aliphatic hydroxyl groups excluding tert-OH is 1. The Morgan fingerprint density at radius 1 is 1.50 bits per heavy atom. The maximum absolute atomic E-state index is 12.4. The Labute approximate surface area is 174 Å². The first kappa shape index (κ1) is 20.6. The lowest BCUT2D eigenvalue weighted by Crippen LogP contribution is -2.33. The smallest absolute Gasteiger partial charge is 0.336 e. The molecule has 1 aromatic heterocycles. The van der Waals surface area contributed by atoms with Gasteiger partial charge < -0.3 is 19.5 Å². The third-order valence-electron chi connectivity index (χ3n) is 4.47. The number of H-pyrrole nitrogens is 1. The lowest BCUT2D eigenvalue weighted by molar-refractivity contribution is -0.148. The van der Waals surface area contributed by atoms with Gasteiger partial charge in [0.15, 0.2) is 0 Å². The van der Waals surface area contributed by atoms with Crippen molar-refractivity contribution in [3.05, 3.63) is 60.7 Å². The number of aromatic amines is 1. The Morgan fingerprint density at radius 3 is 2.96 bits per heavy atom. The number of nitrogens with one attached hydrogen (secondary N) is 1. The van der Waals surface area contributed by atoms with Crippen LogP contribution in [0.3, 0.4) is 0 Å². The molecule has 1 saturated heterocycles. The first-order valence-electron chi connectivity index (χ1n) is 8.61. The summed E-state index contributed by atoms with van der Waals surface area (Å²) in [6.45, 7) is -0.369. The van der Waals surface area contributed by atoms with Gasteiger partial charge in [0.1, 0.15) is 18.4 Å². The molecule has 2 aliphatic heterocycles. The minimum atomic E-state index is -0.774. The zero-order chi connectivity index (χ0) is 20.3. The van der Waals surface area contributed by atoms with E-state index >= 15 is 0 Å². The van der Waals surface area contributed by atoms with Gasteiger partial charge in [-0.05, 0) is 16.4 Å². The first-order chi connectivity index (χ1) is 13.4. The molecule has 150 valence electrons. The van der Waals surface area contributed by atoms with Crippen molar-refractivity contribution in [1.82, 2.24) is 14.5 Å². The number of halogens is 1. The van der Waals surface area contributed by atoms with Crippen molar-refractivity contribution in [2.45, 2.75) is 31.3 Å². The van der Waals surface area contributed by atoms with E-state index in [9.17, 15) is 19.5 Å². The second-order valence-corrected chi connectivity index (χ2v) is 7.16. The fraction of sp³-hybridized carbons (Fsp3) is 0.389. The summed E-state index contributed by atoms with van der Waals surface area (Å²) in [5, 5.41) is 9.61. The van der Waals surface area contributed by atoms with Gasteiger partial charge in [-0.15, -0.1) is 0 Å². The molecule has 9 nitrogen and oxygen atoms in total. The van der Waals surface area contributed by atoms with Crippen LogP contribution in [0.15, 0.2) is 43.9 Å². The normalized spacial score (nSPS) is 24.6. The minimum Gasteiger partial charge on any atom is -0.456 e. The van der Waals surface area contributed by atoms with E-state index in [1.807, 2.05) is 34.9 Å². The summed E-state index contributed by atoms with van der Waals surface area (Å²) in [5.74, 6) is -0.494. The quantitative estimate of drug-likeness (QED) is 0.455. The molecule has 0 radical (unpaired) electrons. The van der Waals surface area contributed by atoms with Crippen LogP contribution in [0.25, 0.3) is 6.08 Å². The molecular formula is C18H20IN3O6. The number of nitrogens with zero attached hydrogens (tertiary/aromatic N) is 2. The third-order valence-corrected chi connectivity index (χ3v) is 4.83. The number of rotatable bonds is 5. The van der Waals surface area contributed by atoms with Gasteiger partial charge in [0, 0.05) is 32.3 Å². The monoisotopic (exact) mass is 501 g/mol. The summed E-state index contributed by atoms with van der Waals surface area (Å²) in [4.78, 5) is 40.5. The predicted molar refractivity (Wildman–Crippen MR) is 109 cm³/mol. The largest absolute Gasteiger partial charge is 0.456 e. The number of hydrogen-bond acceptors (Lipinski definition) is 7. The molecule has 3 rings (SSSR count). The molecule has 1 fully saturated rings. The highest BCUT2D eigenvalue weighted by Crippen LogP contribution is 2.30. The maximum Gasteiger partial charge on any atom is 0.336 e. The lowest BCUT2D eigenvalue weighted by atomic mass is 10.1. The zero-order valence-corrected chi connectivity index (χ0v) is 17.2. The molecule has 28 heavy (non-hydrogen) atoms. The van der Waals surface area contributed by atoms with Gasteiger partial charge in [0.25, 0.3) is 5.56 Å². The van der Waals surface area contributed by atoms with Crippen LogP contribution in [0.5, 0.6) is 0 Å². The SMILES string of the molecule is CN1C=CCC(C(=O)O[C@H]2C[C@H](n3cc(/C=C/I)c(=O)[nH]c3=O)O[C@@H]2CO)=C1. The molecular weight excluding hydrogens is 481 g/mol. The van der Waals surface area contributed by atoms with Gasteiger partial charge in [-0.2, -0.15) is 0 Å². The molecule has 0 unspecified atom stereocenters. The van der Waals surface area contributed by atoms with Crippen molar-refractivity contribution < 1.29 is 19.4 Å². The Balaban J connectivity index is 1.79. The Hall–Kier alpha value is -2.18. The molecule has 1 aromatic rings. The molecule has 10 heteroatoms. The maximum atomic E-state index is 12.4. The molecule has 0 spiro atoms. The number of carbonyl (C=O) groups excluding carboxylic acids is 1. The van der Waals surface area contributed by atoms with Crippen LogP contribution >= 0.6 is 22.6 Å². The van der Waals surface area contributed by atoms with Crippen LogP contribution in [-0.2, 0) is 14.3 Å². The van der Waals surface area contributed by atoms with E-state index < -0.39 is 35.7 Å². The van der Waals surface area contributed by atoms with E-state index in [1.165, 1.54) is 10.8 Å². The molecule has 0 aromatic carbocycles. The van der Waals surface area contributed by atoms with Gasteiger partial charge in [-0.3, -0.25) is 14.3 Å². The standard InChI is InChI=1S/C18H20IN3O6/c1-21-6-2-3-12(8-21)17(25)28-13-7-15(27-14(13)10-23)22-9-11(4-5-19)16(24)20-18(22)26/h2,4-6,8-9,13-15,23H,3,7,10H2,1H3,(H,20,24,26)/b5-4+/t13-,14+,15+/m0/s1. The van der Waals surface area contributed by atoms with Gasteiger partial charge in [0.05, 0.1) is 17.7 Å². The van der Waals surface area contributed by atoms with Crippen LogP contribution in [-0.4, -0.2) is 51.4 Å². The molecule has 0 saturated carbocycles. The van der Waals surface area contributed by atoms with E-state index in [1.54, 1.807) is 28.3 Å². The van der Waals surface area contributed by atoms with Crippen molar-refractivity contribution in [3.8, 4) is 0 Å². The lowest BCUT2D eigenvalue weighted by Gasteiger charge is -2.20. The van der Waals surface area contributed by atoms with E-state index in [-0.39, 0.29) is 13.0 Å². The van der Waals surface area contributed by atoms with Crippen molar-refractivity contribution in [2.24, 2.45) is 0 Å². The summed E-state index contributed by atoms with van der Waals surface area (Å²) >= 11 is 1.97. The van der Waals surface area contributed by atoms with Gasteiger partial charge in [-0.1, -0.05) is 28.7 Å².